The first-order valence-electron chi connectivity index (χ1n) is 12.9. The van der Waals surface area contributed by atoms with Gasteiger partial charge in [0.2, 0.25) is 5.91 Å². The molecule has 3 aromatic heterocycles. The van der Waals surface area contributed by atoms with Gasteiger partial charge in [0, 0.05) is 71.9 Å². The molecular weight excluding hydrogens is 500 g/mol. The minimum absolute atomic E-state index is 0.235. The van der Waals surface area contributed by atoms with Crippen molar-refractivity contribution in [1.29, 1.82) is 0 Å². The van der Waals surface area contributed by atoms with Gasteiger partial charge in [-0.2, -0.15) is 0 Å². The molecular formula is C28H28N6OS2. The second-order valence-electron chi connectivity index (χ2n) is 10.0. The summed E-state index contributed by atoms with van der Waals surface area (Å²) in [6.45, 7) is 3.76. The van der Waals surface area contributed by atoms with Crippen molar-refractivity contribution in [2.45, 2.75) is 37.9 Å². The Kier molecular flexibility index (Phi) is 5.99. The van der Waals surface area contributed by atoms with Crippen LogP contribution in [0, 0.1) is 0 Å². The molecule has 0 saturated carbocycles. The summed E-state index contributed by atoms with van der Waals surface area (Å²) in [5, 5.41) is 4.05. The molecule has 0 aliphatic carbocycles. The maximum atomic E-state index is 13.3. The van der Waals surface area contributed by atoms with Gasteiger partial charge in [0.15, 0.2) is 0 Å². The van der Waals surface area contributed by atoms with E-state index in [9.17, 15) is 4.79 Å². The Morgan fingerprint density at radius 3 is 2.54 bits per heavy atom. The van der Waals surface area contributed by atoms with Gasteiger partial charge in [-0.05, 0) is 25.0 Å². The van der Waals surface area contributed by atoms with Crippen LogP contribution in [0.1, 0.15) is 23.4 Å². The van der Waals surface area contributed by atoms with Crippen molar-refractivity contribution in [1.82, 2.24) is 24.8 Å². The quantitative estimate of drug-likeness (QED) is 0.378. The summed E-state index contributed by atoms with van der Waals surface area (Å²) >= 11 is 3.36. The number of rotatable bonds is 5. The van der Waals surface area contributed by atoms with E-state index in [1.54, 1.807) is 22.7 Å². The zero-order valence-electron chi connectivity index (χ0n) is 20.5. The van der Waals surface area contributed by atoms with E-state index < -0.39 is 0 Å². The van der Waals surface area contributed by atoms with Crippen molar-refractivity contribution in [2.24, 2.45) is 0 Å². The van der Waals surface area contributed by atoms with Gasteiger partial charge in [-0.1, -0.05) is 30.3 Å². The number of hydrogen-bond acceptors (Lipinski definition) is 8. The molecule has 1 aromatic carbocycles. The molecule has 3 aliphatic heterocycles. The van der Waals surface area contributed by atoms with Crippen molar-refractivity contribution in [3.8, 4) is 21.1 Å². The molecule has 1 amide bonds. The highest BCUT2D eigenvalue weighted by Gasteiger charge is 2.41. The van der Waals surface area contributed by atoms with Crippen LogP contribution in [0.15, 0.2) is 60.2 Å². The highest BCUT2D eigenvalue weighted by molar-refractivity contribution is 7.15. The molecule has 6 heterocycles. The molecule has 7 nitrogen and oxygen atoms in total. The first-order chi connectivity index (χ1) is 18.2. The molecule has 3 aliphatic rings. The van der Waals surface area contributed by atoms with Gasteiger partial charge in [-0.3, -0.25) is 9.69 Å². The Balaban J connectivity index is 0.987. The summed E-state index contributed by atoms with van der Waals surface area (Å²) in [7, 11) is 0. The topological polar surface area (TPSA) is 65.5 Å². The molecule has 2 bridgehead atoms. The summed E-state index contributed by atoms with van der Waals surface area (Å²) < 4.78 is 0. The molecule has 2 fully saturated rings. The summed E-state index contributed by atoms with van der Waals surface area (Å²) in [6, 6.07) is 15.4. The number of hydrogen-bond donors (Lipinski definition) is 0. The van der Waals surface area contributed by atoms with Gasteiger partial charge in [-0.15, -0.1) is 22.7 Å². The second-order valence-corrected chi connectivity index (χ2v) is 12.0. The number of anilines is 1. The lowest BCUT2D eigenvalue weighted by molar-refractivity contribution is -0.133. The van der Waals surface area contributed by atoms with Crippen LogP contribution in [-0.2, 0) is 17.8 Å². The van der Waals surface area contributed by atoms with Gasteiger partial charge in [-0.25, -0.2) is 15.0 Å². The van der Waals surface area contributed by atoms with Crippen LogP contribution in [0.5, 0.6) is 0 Å². The number of fused-ring (bicyclic) bond motifs is 3. The fourth-order valence-corrected chi connectivity index (χ4v) is 7.69. The first kappa shape index (κ1) is 23.0. The Morgan fingerprint density at radius 1 is 0.973 bits per heavy atom. The molecule has 9 heteroatoms. The van der Waals surface area contributed by atoms with Gasteiger partial charge >= 0.3 is 0 Å². The zero-order chi connectivity index (χ0) is 24.8. The predicted molar refractivity (Wildman–Crippen MR) is 148 cm³/mol. The van der Waals surface area contributed by atoms with Crippen LogP contribution in [0.4, 0.5) is 5.82 Å². The summed E-state index contributed by atoms with van der Waals surface area (Å²) in [5.41, 5.74) is 3.38. The second kappa shape index (κ2) is 9.63. The van der Waals surface area contributed by atoms with Gasteiger partial charge in [0.25, 0.3) is 0 Å². The third kappa shape index (κ3) is 4.45. The minimum Gasteiger partial charge on any atom is -0.348 e. The highest BCUT2D eigenvalue weighted by atomic mass is 32.1. The average Bonchev–Trinajstić information content (AvgIpc) is 3.67. The van der Waals surface area contributed by atoms with E-state index in [0.29, 0.717) is 25.2 Å². The molecule has 0 radical (unpaired) electrons. The third-order valence-electron chi connectivity index (χ3n) is 7.71. The maximum absolute atomic E-state index is 13.3. The Labute approximate surface area is 224 Å². The molecule has 0 spiro atoms. The molecule has 188 valence electrons. The predicted octanol–water partition coefficient (Wildman–Crippen LogP) is 4.57. The smallest absolute Gasteiger partial charge is 0.237 e. The molecule has 2 atom stereocenters. The van der Waals surface area contributed by atoms with E-state index in [1.807, 2.05) is 40.9 Å². The number of benzene rings is 1. The number of carbonyl (C=O) groups excluding carboxylic acids is 1. The van der Waals surface area contributed by atoms with Crippen LogP contribution in [0.3, 0.4) is 0 Å². The summed E-state index contributed by atoms with van der Waals surface area (Å²) in [4.78, 5) is 35.5. The lowest BCUT2D eigenvalue weighted by Gasteiger charge is -2.42. The SMILES string of the molecule is O=C(CN1CC2CCC(C1)N2c1ccc(-c2nccs2)cn1)N1CCc2nc(-c3ccccc3)sc2C1. The largest absolute Gasteiger partial charge is 0.348 e. The number of amides is 1. The first-order valence-corrected chi connectivity index (χ1v) is 14.6. The number of carbonyl (C=O) groups is 1. The monoisotopic (exact) mass is 528 g/mol. The van der Waals surface area contributed by atoms with Crippen LogP contribution in [0.2, 0.25) is 0 Å². The maximum Gasteiger partial charge on any atom is 0.237 e. The molecule has 0 N–H and O–H groups in total. The van der Waals surface area contributed by atoms with Crippen LogP contribution < -0.4 is 4.90 Å². The number of piperazine rings is 1. The van der Waals surface area contributed by atoms with Gasteiger partial charge < -0.3 is 9.80 Å². The Hall–Kier alpha value is -3.14. The number of nitrogens with zero attached hydrogens (tertiary/aromatic N) is 6. The normalized spacial score (nSPS) is 21.3. The van der Waals surface area contributed by atoms with Crippen molar-refractivity contribution >= 4 is 34.4 Å². The summed E-state index contributed by atoms with van der Waals surface area (Å²) in [5.74, 6) is 1.28. The number of aromatic nitrogens is 3. The average molecular weight is 529 g/mol. The fourth-order valence-electron chi connectivity index (χ4n) is 5.93. The van der Waals surface area contributed by atoms with E-state index in [-0.39, 0.29) is 5.91 Å². The lowest BCUT2D eigenvalue weighted by Crippen LogP contribution is -2.56. The van der Waals surface area contributed by atoms with E-state index in [2.05, 4.69) is 39.0 Å². The fraction of sp³-hybridized carbons (Fsp3) is 0.357. The van der Waals surface area contributed by atoms with Gasteiger partial charge in [0.1, 0.15) is 15.8 Å². The molecule has 2 unspecified atom stereocenters. The highest BCUT2D eigenvalue weighted by Crippen LogP contribution is 2.35. The van der Waals surface area contributed by atoms with Crippen molar-refractivity contribution in [2.75, 3.05) is 31.1 Å². The zero-order valence-corrected chi connectivity index (χ0v) is 22.1. The molecule has 4 aromatic rings. The van der Waals surface area contributed by atoms with Crippen LogP contribution >= 0.6 is 22.7 Å². The van der Waals surface area contributed by atoms with E-state index in [0.717, 1.165) is 71.6 Å². The molecule has 7 rings (SSSR count). The van der Waals surface area contributed by atoms with Crippen LogP contribution in [0.25, 0.3) is 21.1 Å². The van der Waals surface area contributed by atoms with Crippen molar-refractivity contribution in [3.63, 3.8) is 0 Å². The van der Waals surface area contributed by atoms with Crippen molar-refractivity contribution < 1.29 is 4.79 Å². The number of likely N-dealkylation sites (tertiary alicyclic amines) is 1. The van der Waals surface area contributed by atoms with Gasteiger partial charge in [0.05, 0.1) is 18.8 Å². The van der Waals surface area contributed by atoms with E-state index in [1.165, 1.54) is 4.88 Å². The standard InChI is InChI=1S/C28H28N6OS2/c35-26(33-12-10-23-24(17-33)37-28(31-23)19-4-2-1-3-5-19)18-32-15-21-7-8-22(16-32)34(21)25-9-6-20(14-30-25)27-29-11-13-36-27/h1-6,9,11,13-14,21-22H,7-8,10,12,15-18H2. The van der Waals surface area contributed by atoms with E-state index >= 15 is 0 Å². The van der Waals surface area contributed by atoms with E-state index in [4.69, 9.17) is 9.97 Å². The minimum atomic E-state index is 0.235. The number of thiazole rings is 2. The number of pyridine rings is 1. The Bertz CT molecular complexity index is 1370. The van der Waals surface area contributed by atoms with Crippen molar-refractivity contribution in [3.05, 3.63) is 70.8 Å². The molecule has 37 heavy (non-hydrogen) atoms. The molecule has 2 saturated heterocycles. The lowest BCUT2D eigenvalue weighted by atomic mass is 10.1. The Morgan fingerprint density at radius 2 is 1.81 bits per heavy atom. The third-order valence-corrected chi connectivity index (χ3v) is 9.67. The van der Waals surface area contributed by atoms with Crippen LogP contribution in [-0.4, -0.2) is 68.9 Å². The summed E-state index contributed by atoms with van der Waals surface area (Å²) in [6.07, 6.45) is 6.92.